The van der Waals surface area contributed by atoms with Crippen molar-refractivity contribution in [1.82, 2.24) is 14.9 Å². The fraction of sp³-hybridized carbons (Fsp3) is 0.385. The van der Waals surface area contributed by atoms with E-state index >= 15 is 0 Å². The van der Waals surface area contributed by atoms with Gasteiger partial charge in [0.2, 0.25) is 15.9 Å². The SMILES string of the molecule is CS(=O)(=O)NCCC(N=[N+]=[N-])c1ccc(-c2nnc(C(F)F)o2)cc1. The molecule has 1 atom stereocenters. The zero-order chi connectivity index (χ0) is 18.4. The molecule has 0 amide bonds. The Labute approximate surface area is 141 Å². The molecule has 0 saturated carbocycles. The van der Waals surface area contributed by atoms with Crippen LogP contribution in [-0.2, 0) is 10.0 Å². The van der Waals surface area contributed by atoms with Gasteiger partial charge >= 0.3 is 6.43 Å². The van der Waals surface area contributed by atoms with Crippen LogP contribution in [0.1, 0.15) is 30.3 Å². The summed E-state index contributed by atoms with van der Waals surface area (Å²) in [5.41, 5.74) is 9.72. The lowest BCUT2D eigenvalue weighted by Gasteiger charge is -2.12. The molecule has 0 aliphatic heterocycles. The van der Waals surface area contributed by atoms with Crippen LogP contribution in [0, 0.1) is 0 Å². The van der Waals surface area contributed by atoms with Gasteiger partial charge in [-0.15, -0.1) is 10.2 Å². The highest BCUT2D eigenvalue weighted by atomic mass is 32.2. The molecule has 0 saturated heterocycles. The summed E-state index contributed by atoms with van der Waals surface area (Å²) < 4.78 is 54.2. The lowest BCUT2D eigenvalue weighted by atomic mass is 10.0. The number of azide groups is 1. The second-order valence-corrected chi connectivity index (χ2v) is 6.88. The molecule has 1 heterocycles. The highest BCUT2D eigenvalue weighted by Crippen LogP contribution is 2.26. The summed E-state index contributed by atoms with van der Waals surface area (Å²) in [6.45, 7) is 0.103. The standard InChI is InChI=1S/C13H14F2N6O3S/c1-25(22,23)17-7-6-10(18-21-16)8-2-4-9(5-3-8)12-19-20-13(24-12)11(14)15/h2-5,10-11,17H,6-7H2,1H3. The van der Waals surface area contributed by atoms with Crippen molar-refractivity contribution in [1.29, 1.82) is 0 Å². The molecule has 134 valence electrons. The highest BCUT2D eigenvalue weighted by Gasteiger charge is 2.17. The van der Waals surface area contributed by atoms with Gasteiger partial charge in [-0.2, -0.15) is 8.78 Å². The molecular formula is C13H14F2N6O3S. The molecule has 0 aliphatic rings. The number of nitrogens with zero attached hydrogens (tertiary/aromatic N) is 5. The van der Waals surface area contributed by atoms with E-state index in [1.165, 1.54) is 0 Å². The van der Waals surface area contributed by atoms with Gasteiger partial charge < -0.3 is 4.42 Å². The van der Waals surface area contributed by atoms with Crippen molar-refractivity contribution >= 4 is 10.0 Å². The van der Waals surface area contributed by atoms with Crippen molar-refractivity contribution in [2.24, 2.45) is 5.11 Å². The van der Waals surface area contributed by atoms with Gasteiger partial charge in [0, 0.05) is 17.0 Å². The lowest BCUT2D eigenvalue weighted by Crippen LogP contribution is -2.24. The van der Waals surface area contributed by atoms with Crippen molar-refractivity contribution in [3.8, 4) is 11.5 Å². The Kier molecular flexibility index (Phi) is 6.02. The van der Waals surface area contributed by atoms with Gasteiger partial charge in [0.15, 0.2) is 0 Å². The predicted molar refractivity (Wildman–Crippen MR) is 84.0 cm³/mol. The molecule has 12 heteroatoms. The molecule has 25 heavy (non-hydrogen) atoms. The molecule has 0 bridgehead atoms. The molecule has 1 unspecified atom stereocenters. The molecule has 1 aromatic carbocycles. The first kappa shape index (κ1) is 18.8. The average molecular weight is 372 g/mol. The summed E-state index contributed by atoms with van der Waals surface area (Å²) >= 11 is 0. The Bertz CT molecular complexity index is 862. The van der Waals surface area contributed by atoms with Gasteiger partial charge in [0.1, 0.15) is 0 Å². The van der Waals surface area contributed by atoms with Crippen molar-refractivity contribution in [3.05, 3.63) is 46.2 Å². The predicted octanol–water partition coefficient (Wildman–Crippen LogP) is 2.96. The molecule has 0 spiro atoms. The van der Waals surface area contributed by atoms with E-state index in [0.29, 0.717) is 11.1 Å². The fourth-order valence-corrected chi connectivity index (χ4v) is 2.51. The quantitative estimate of drug-likeness (QED) is 0.432. The number of aromatic nitrogens is 2. The number of benzene rings is 1. The van der Waals surface area contributed by atoms with Crippen LogP contribution in [0.3, 0.4) is 0 Å². The highest BCUT2D eigenvalue weighted by molar-refractivity contribution is 7.88. The zero-order valence-electron chi connectivity index (χ0n) is 13.0. The minimum atomic E-state index is -3.34. The Balaban J connectivity index is 2.13. The molecule has 1 aromatic heterocycles. The Morgan fingerprint density at radius 2 is 2.00 bits per heavy atom. The normalized spacial score (nSPS) is 12.8. The first-order valence-corrected chi connectivity index (χ1v) is 8.90. The molecule has 0 fully saturated rings. The number of nitrogens with one attached hydrogen (secondary N) is 1. The summed E-state index contributed by atoms with van der Waals surface area (Å²) in [6, 6.07) is 5.75. The largest absolute Gasteiger partial charge is 0.415 e. The van der Waals surface area contributed by atoms with Gasteiger partial charge in [0.25, 0.3) is 5.89 Å². The fourth-order valence-electron chi connectivity index (χ4n) is 2.02. The Morgan fingerprint density at radius 1 is 1.32 bits per heavy atom. The van der Waals surface area contributed by atoms with Crippen LogP contribution < -0.4 is 4.72 Å². The summed E-state index contributed by atoms with van der Waals surface area (Å²) in [5, 5.41) is 10.4. The van der Waals surface area contributed by atoms with Crippen LogP contribution in [0.15, 0.2) is 33.8 Å². The van der Waals surface area contributed by atoms with E-state index in [2.05, 4.69) is 24.9 Å². The first-order valence-electron chi connectivity index (χ1n) is 7.01. The van der Waals surface area contributed by atoms with E-state index in [9.17, 15) is 17.2 Å². The maximum Gasteiger partial charge on any atom is 0.314 e. The molecule has 2 aromatic rings. The molecule has 1 N–H and O–H groups in total. The van der Waals surface area contributed by atoms with Crippen LogP contribution in [-0.4, -0.2) is 31.4 Å². The molecule has 9 nitrogen and oxygen atoms in total. The number of rotatable bonds is 8. The second kappa shape index (κ2) is 8.01. The zero-order valence-corrected chi connectivity index (χ0v) is 13.8. The summed E-state index contributed by atoms with van der Waals surface area (Å²) in [5.74, 6) is -0.821. The monoisotopic (exact) mass is 372 g/mol. The third-order valence-corrected chi connectivity index (χ3v) is 3.87. The number of hydrogen-bond donors (Lipinski definition) is 1. The Morgan fingerprint density at radius 3 is 2.52 bits per heavy atom. The van der Waals surface area contributed by atoms with Gasteiger partial charge in [0.05, 0.1) is 12.3 Å². The van der Waals surface area contributed by atoms with Crippen LogP contribution in [0.2, 0.25) is 0 Å². The van der Waals surface area contributed by atoms with Crippen LogP contribution >= 0.6 is 0 Å². The van der Waals surface area contributed by atoms with Gasteiger partial charge in [-0.05, 0) is 29.6 Å². The average Bonchev–Trinajstić information content (AvgIpc) is 3.03. The van der Waals surface area contributed by atoms with Crippen molar-refractivity contribution in [3.63, 3.8) is 0 Å². The first-order chi connectivity index (χ1) is 11.8. The van der Waals surface area contributed by atoms with Crippen molar-refractivity contribution < 1.29 is 21.6 Å². The molecule has 0 aliphatic carbocycles. The number of alkyl halides is 2. The van der Waals surface area contributed by atoms with E-state index in [0.717, 1.165) is 6.26 Å². The molecule has 2 rings (SSSR count). The van der Waals surface area contributed by atoms with Gasteiger partial charge in [-0.3, -0.25) is 0 Å². The smallest absolute Gasteiger partial charge is 0.314 e. The molecular weight excluding hydrogens is 358 g/mol. The lowest BCUT2D eigenvalue weighted by molar-refractivity contribution is 0.116. The maximum atomic E-state index is 12.5. The second-order valence-electron chi connectivity index (χ2n) is 5.04. The van der Waals surface area contributed by atoms with Crippen LogP contribution in [0.25, 0.3) is 21.9 Å². The molecule has 0 radical (unpaired) electrons. The summed E-state index contributed by atoms with van der Waals surface area (Å²) in [7, 11) is -3.34. The number of sulfonamides is 1. The van der Waals surface area contributed by atoms with Gasteiger partial charge in [-0.1, -0.05) is 17.2 Å². The minimum absolute atomic E-state index is 0.0547. The summed E-state index contributed by atoms with van der Waals surface area (Å²) in [4.78, 5) is 2.75. The topological polar surface area (TPSA) is 134 Å². The number of hydrogen-bond acceptors (Lipinski definition) is 6. The Hall–Kier alpha value is -2.56. The maximum absolute atomic E-state index is 12.5. The van der Waals surface area contributed by atoms with Crippen molar-refractivity contribution in [2.75, 3.05) is 12.8 Å². The van der Waals surface area contributed by atoms with E-state index in [1.807, 2.05) is 0 Å². The van der Waals surface area contributed by atoms with E-state index in [4.69, 9.17) is 9.95 Å². The van der Waals surface area contributed by atoms with Crippen LogP contribution in [0.4, 0.5) is 8.78 Å². The van der Waals surface area contributed by atoms with E-state index in [1.54, 1.807) is 24.3 Å². The minimum Gasteiger partial charge on any atom is -0.415 e. The number of halogens is 2. The van der Waals surface area contributed by atoms with E-state index < -0.39 is 28.4 Å². The van der Waals surface area contributed by atoms with Gasteiger partial charge in [-0.25, -0.2) is 13.1 Å². The van der Waals surface area contributed by atoms with E-state index in [-0.39, 0.29) is 18.9 Å². The third-order valence-electron chi connectivity index (χ3n) is 3.14. The third kappa shape index (κ3) is 5.48. The van der Waals surface area contributed by atoms with Crippen molar-refractivity contribution in [2.45, 2.75) is 18.9 Å². The van der Waals surface area contributed by atoms with Crippen LogP contribution in [0.5, 0.6) is 0 Å². The summed E-state index contributed by atoms with van der Waals surface area (Å²) in [6.07, 6.45) is -1.56.